The summed E-state index contributed by atoms with van der Waals surface area (Å²) in [5.41, 5.74) is 1.07. The van der Waals surface area contributed by atoms with E-state index in [-0.39, 0.29) is 35.8 Å². The lowest BCUT2D eigenvalue weighted by atomic mass is 10.1. The number of anilines is 1. The Morgan fingerprint density at radius 2 is 1.93 bits per heavy atom. The van der Waals surface area contributed by atoms with Crippen LogP contribution in [0.1, 0.15) is 31.4 Å². The van der Waals surface area contributed by atoms with E-state index in [1.165, 1.54) is 17.1 Å². The van der Waals surface area contributed by atoms with Crippen molar-refractivity contribution in [1.82, 2.24) is 15.5 Å². The van der Waals surface area contributed by atoms with Crippen molar-refractivity contribution >= 4 is 46.3 Å². The summed E-state index contributed by atoms with van der Waals surface area (Å²) < 4.78 is 13.3. The van der Waals surface area contributed by atoms with Gasteiger partial charge in [-0.3, -0.25) is 4.99 Å². The van der Waals surface area contributed by atoms with Crippen LogP contribution in [0.2, 0.25) is 0 Å². The number of benzene rings is 1. The van der Waals surface area contributed by atoms with Gasteiger partial charge in [-0.05, 0) is 69.1 Å². The second-order valence-corrected chi connectivity index (χ2v) is 8.53. The van der Waals surface area contributed by atoms with E-state index in [0.29, 0.717) is 12.6 Å². The first-order valence-corrected chi connectivity index (χ1v) is 11.2. The van der Waals surface area contributed by atoms with Gasteiger partial charge in [0.05, 0.1) is 17.6 Å². The Balaban J connectivity index is 0.00000320. The molecular weight excluding hydrogens is 512 g/mol. The molecular formula is C22H33FIN5S. The minimum atomic E-state index is -0.210. The van der Waals surface area contributed by atoms with Crippen LogP contribution in [0.3, 0.4) is 0 Å². The average molecular weight is 546 g/mol. The van der Waals surface area contributed by atoms with Gasteiger partial charge in [-0.15, -0.1) is 35.3 Å². The van der Waals surface area contributed by atoms with Crippen LogP contribution in [0.5, 0.6) is 0 Å². The highest BCUT2D eigenvalue weighted by atomic mass is 127. The zero-order valence-corrected chi connectivity index (χ0v) is 21.1. The van der Waals surface area contributed by atoms with Crippen LogP contribution in [-0.4, -0.2) is 57.2 Å². The third kappa shape index (κ3) is 7.09. The third-order valence-corrected chi connectivity index (χ3v) is 6.23. The Morgan fingerprint density at radius 3 is 2.50 bits per heavy atom. The maximum Gasteiger partial charge on any atom is 0.191 e. The van der Waals surface area contributed by atoms with Crippen molar-refractivity contribution in [2.45, 2.75) is 31.8 Å². The molecule has 1 atom stereocenters. The summed E-state index contributed by atoms with van der Waals surface area (Å²) in [6.07, 6.45) is 2.19. The Labute approximate surface area is 200 Å². The minimum absolute atomic E-state index is 0. The molecule has 3 rings (SSSR count). The van der Waals surface area contributed by atoms with E-state index in [4.69, 9.17) is 4.99 Å². The Bertz CT molecular complexity index is 758. The fourth-order valence-electron chi connectivity index (χ4n) is 3.64. The molecule has 2 N–H and O–H groups in total. The lowest BCUT2D eigenvalue weighted by Crippen LogP contribution is -2.48. The predicted molar refractivity (Wildman–Crippen MR) is 137 cm³/mol. The van der Waals surface area contributed by atoms with E-state index in [2.05, 4.69) is 44.9 Å². The zero-order chi connectivity index (χ0) is 20.6. The van der Waals surface area contributed by atoms with E-state index in [0.717, 1.165) is 44.0 Å². The van der Waals surface area contributed by atoms with Gasteiger partial charge in [-0.1, -0.05) is 12.1 Å². The molecule has 0 aliphatic carbocycles. The number of hydrogen-bond donors (Lipinski definition) is 2. The molecule has 1 aromatic carbocycles. The highest BCUT2D eigenvalue weighted by molar-refractivity contribution is 14.0. The molecule has 166 valence electrons. The average Bonchev–Trinajstić information content (AvgIpc) is 3.25. The van der Waals surface area contributed by atoms with E-state index in [9.17, 15) is 4.39 Å². The van der Waals surface area contributed by atoms with Crippen LogP contribution >= 0.6 is 35.3 Å². The van der Waals surface area contributed by atoms with Gasteiger partial charge >= 0.3 is 0 Å². The van der Waals surface area contributed by atoms with Crippen LogP contribution in [0.4, 0.5) is 9.39 Å². The zero-order valence-electron chi connectivity index (χ0n) is 18.0. The van der Waals surface area contributed by atoms with Gasteiger partial charge in [0.1, 0.15) is 5.82 Å². The molecule has 2 heterocycles. The van der Waals surface area contributed by atoms with Gasteiger partial charge in [0.2, 0.25) is 0 Å². The molecule has 0 radical (unpaired) electrons. The highest BCUT2D eigenvalue weighted by Crippen LogP contribution is 2.25. The summed E-state index contributed by atoms with van der Waals surface area (Å²) in [6.45, 7) is 5.64. The summed E-state index contributed by atoms with van der Waals surface area (Å²) in [7, 11) is 4.06. The molecule has 2 aromatic rings. The summed E-state index contributed by atoms with van der Waals surface area (Å²) in [4.78, 5) is 9.43. The summed E-state index contributed by atoms with van der Waals surface area (Å²) in [6, 6.07) is 11.6. The second-order valence-electron chi connectivity index (χ2n) is 7.61. The Kier molecular flexibility index (Phi) is 10.3. The number of thiophene rings is 1. The summed E-state index contributed by atoms with van der Waals surface area (Å²) in [5.74, 6) is 0.648. The van der Waals surface area contributed by atoms with E-state index >= 15 is 0 Å². The quantitative estimate of drug-likeness (QED) is 0.309. The van der Waals surface area contributed by atoms with Crippen LogP contribution in [0.15, 0.2) is 46.8 Å². The number of hydrogen-bond acceptors (Lipinski definition) is 4. The van der Waals surface area contributed by atoms with Crippen molar-refractivity contribution in [3.63, 3.8) is 0 Å². The van der Waals surface area contributed by atoms with Crippen LogP contribution < -0.4 is 15.5 Å². The molecule has 0 spiro atoms. The van der Waals surface area contributed by atoms with Crippen molar-refractivity contribution in [3.8, 4) is 0 Å². The number of aliphatic imine (C=N–C) groups is 1. The molecule has 8 heteroatoms. The normalized spacial score (nSPS) is 16.3. The maximum absolute atomic E-state index is 13.3. The van der Waals surface area contributed by atoms with Gasteiger partial charge in [0, 0.05) is 25.7 Å². The predicted octanol–water partition coefficient (Wildman–Crippen LogP) is 4.33. The molecule has 1 unspecified atom stereocenters. The van der Waals surface area contributed by atoms with Crippen LogP contribution in [0.25, 0.3) is 0 Å². The first-order chi connectivity index (χ1) is 14.1. The number of likely N-dealkylation sites (N-methyl/N-ethyl adjacent to an activating group) is 1. The number of halogens is 2. The molecule has 30 heavy (non-hydrogen) atoms. The molecule has 5 nitrogen and oxygen atoms in total. The smallest absolute Gasteiger partial charge is 0.191 e. The van der Waals surface area contributed by atoms with Gasteiger partial charge in [-0.25, -0.2) is 4.39 Å². The van der Waals surface area contributed by atoms with Crippen molar-refractivity contribution in [3.05, 3.63) is 53.2 Å². The van der Waals surface area contributed by atoms with E-state index in [1.807, 2.05) is 26.2 Å². The van der Waals surface area contributed by atoms with Gasteiger partial charge < -0.3 is 20.4 Å². The van der Waals surface area contributed by atoms with Crippen LogP contribution in [-0.2, 0) is 0 Å². The first-order valence-electron chi connectivity index (χ1n) is 10.3. The lowest BCUT2D eigenvalue weighted by Gasteiger charge is -2.33. The molecule has 1 saturated heterocycles. The number of piperidine rings is 1. The Hall–Kier alpha value is -1.39. The van der Waals surface area contributed by atoms with Crippen LogP contribution in [0, 0.1) is 5.82 Å². The molecule has 0 amide bonds. The van der Waals surface area contributed by atoms with Crippen molar-refractivity contribution in [2.24, 2.45) is 4.99 Å². The van der Waals surface area contributed by atoms with Gasteiger partial charge in [0.25, 0.3) is 0 Å². The molecule has 0 bridgehead atoms. The number of nitrogens with one attached hydrogen (secondary N) is 2. The fourth-order valence-corrected chi connectivity index (χ4v) is 4.42. The number of guanidine groups is 1. The van der Waals surface area contributed by atoms with Crippen molar-refractivity contribution in [1.29, 1.82) is 0 Å². The van der Waals surface area contributed by atoms with E-state index < -0.39 is 0 Å². The topological polar surface area (TPSA) is 42.9 Å². The molecule has 1 aliphatic rings. The third-order valence-electron chi connectivity index (χ3n) is 5.30. The second kappa shape index (κ2) is 12.5. The summed E-state index contributed by atoms with van der Waals surface area (Å²) >= 11 is 1.81. The highest BCUT2D eigenvalue weighted by Gasteiger charge is 2.21. The van der Waals surface area contributed by atoms with E-state index in [1.54, 1.807) is 11.3 Å². The fraction of sp³-hybridized carbons (Fsp3) is 0.500. The maximum atomic E-state index is 13.3. The van der Waals surface area contributed by atoms with Gasteiger partial charge in [-0.2, -0.15) is 0 Å². The molecule has 0 saturated carbocycles. The monoisotopic (exact) mass is 545 g/mol. The summed E-state index contributed by atoms with van der Waals surface area (Å²) in [5, 5.41) is 10.5. The Morgan fingerprint density at radius 1 is 1.23 bits per heavy atom. The SMILES string of the molecule is CCNC(=NCC(c1ccc(F)cc1)N(C)C)NC1CCN(c2cccs2)CC1.I. The molecule has 1 fully saturated rings. The molecule has 1 aromatic heterocycles. The van der Waals surface area contributed by atoms with Crippen molar-refractivity contribution < 1.29 is 4.39 Å². The minimum Gasteiger partial charge on any atom is -0.363 e. The number of nitrogens with zero attached hydrogens (tertiary/aromatic N) is 3. The number of rotatable bonds is 7. The standard InChI is InChI=1S/C22H32FN5S.HI/c1-4-24-22(25-16-20(27(2)3)17-7-9-18(23)10-8-17)26-19-11-13-28(14-12-19)21-6-5-15-29-21;/h5-10,15,19-20H,4,11-14,16H2,1-3H3,(H2,24,25,26);1H. The molecule has 1 aliphatic heterocycles. The van der Waals surface area contributed by atoms with Crippen molar-refractivity contribution in [2.75, 3.05) is 45.2 Å². The lowest BCUT2D eigenvalue weighted by molar-refractivity contribution is 0.306. The first kappa shape index (κ1) is 24.9. The largest absolute Gasteiger partial charge is 0.363 e. The van der Waals surface area contributed by atoms with Gasteiger partial charge in [0.15, 0.2) is 5.96 Å².